The summed E-state index contributed by atoms with van der Waals surface area (Å²) in [7, 11) is 1.18. The Labute approximate surface area is 115 Å². The van der Waals surface area contributed by atoms with Gasteiger partial charge in [-0.15, -0.1) is 0 Å². The van der Waals surface area contributed by atoms with E-state index in [0.29, 0.717) is 12.7 Å². The molecule has 0 bridgehead atoms. The molecule has 0 radical (unpaired) electrons. The molecule has 4 nitrogen and oxygen atoms in total. The SMILES string of the molecule is CO[Si](CCCOC[C@H]1CO1)(OC)c1ccccc1. The summed E-state index contributed by atoms with van der Waals surface area (Å²) in [6.45, 7) is 2.28. The monoisotopic (exact) mass is 282 g/mol. The molecule has 1 saturated heterocycles. The van der Waals surface area contributed by atoms with Gasteiger partial charge in [0.25, 0.3) is 0 Å². The number of hydrogen-bond acceptors (Lipinski definition) is 4. The molecular weight excluding hydrogens is 260 g/mol. The minimum Gasteiger partial charge on any atom is -0.394 e. The van der Waals surface area contributed by atoms with Crippen LogP contribution >= 0.6 is 0 Å². The molecule has 1 atom stereocenters. The maximum absolute atomic E-state index is 5.75. The third-order valence-corrected chi connectivity index (χ3v) is 6.92. The number of benzene rings is 1. The highest BCUT2D eigenvalue weighted by Crippen LogP contribution is 2.15. The summed E-state index contributed by atoms with van der Waals surface area (Å²) in [6, 6.07) is 11.1. The standard InChI is InChI=1S/C14H22O4Si/c1-15-19(16-2,14-7-4-3-5-8-14)10-6-9-17-11-13-12-18-13/h3-5,7-8,13H,6,9-12H2,1-2H3/t13-/m0/s1. The lowest BCUT2D eigenvalue weighted by Crippen LogP contribution is -2.52. The molecule has 0 unspecified atom stereocenters. The van der Waals surface area contributed by atoms with Crippen molar-refractivity contribution in [3.8, 4) is 0 Å². The van der Waals surface area contributed by atoms with Crippen molar-refractivity contribution in [3.05, 3.63) is 30.3 Å². The first-order chi connectivity index (χ1) is 9.30. The van der Waals surface area contributed by atoms with E-state index >= 15 is 0 Å². The van der Waals surface area contributed by atoms with Gasteiger partial charge in [0.05, 0.1) is 13.2 Å². The summed E-state index contributed by atoms with van der Waals surface area (Å²) in [5.74, 6) is 0. The molecule has 19 heavy (non-hydrogen) atoms. The molecular formula is C14H22O4Si. The topological polar surface area (TPSA) is 40.2 Å². The smallest absolute Gasteiger partial charge is 0.372 e. The predicted molar refractivity (Wildman–Crippen MR) is 75.8 cm³/mol. The van der Waals surface area contributed by atoms with Gasteiger partial charge in [-0.05, 0) is 17.7 Å². The third-order valence-electron chi connectivity index (χ3n) is 3.37. The largest absolute Gasteiger partial charge is 0.394 e. The van der Waals surface area contributed by atoms with Crippen LogP contribution in [0.5, 0.6) is 0 Å². The summed E-state index contributed by atoms with van der Waals surface area (Å²) in [4.78, 5) is 0. The third kappa shape index (κ3) is 4.12. The maximum Gasteiger partial charge on any atom is 0.372 e. The Morgan fingerprint density at radius 2 is 1.89 bits per heavy atom. The molecule has 5 heteroatoms. The van der Waals surface area contributed by atoms with Crippen molar-refractivity contribution < 1.29 is 18.3 Å². The Morgan fingerprint density at radius 1 is 1.21 bits per heavy atom. The van der Waals surface area contributed by atoms with Crippen LogP contribution in [0.2, 0.25) is 6.04 Å². The van der Waals surface area contributed by atoms with Gasteiger partial charge in [0.15, 0.2) is 0 Å². The highest BCUT2D eigenvalue weighted by molar-refractivity contribution is 6.81. The van der Waals surface area contributed by atoms with Crippen molar-refractivity contribution in [1.29, 1.82) is 0 Å². The molecule has 0 N–H and O–H groups in total. The molecule has 0 aliphatic carbocycles. The summed E-state index contributed by atoms with van der Waals surface area (Å²) < 4.78 is 22.2. The van der Waals surface area contributed by atoms with E-state index in [1.807, 2.05) is 18.2 Å². The van der Waals surface area contributed by atoms with Gasteiger partial charge < -0.3 is 18.3 Å². The molecule has 0 spiro atoms. The van der Waals surface area contributed by atoms with E-state index in [2.05, 4.69) is 12.1 Å². The Bertz CT molecular complexity index is 363. The van der Waals surface area contributed by atoms with E-state index in [1.165, 1.54) is 5.19 Å². The Balaban J connectivity index is 1.83. The second-order valence-corrected chi connectivity index (χ2v) is 8.06. The fourth-order valence-corrected chi connectivity index (χ4v) is 4.79. The number of rotatable bonds is 9. The molecule has 0 saturated carbocycles. The second-order valence-electron chi connectivity index (χ2n) is 4.66. The molecule has 1 heterocycles. The van der Waals surface area contributed by atoms with Crippen molar-refractivity contribution >= 4 is 13.7 Å². The first-order valence-corrected chi connectivity index (χ1v) is 8.68. The lowest BCUT2D eigenvalue weighted by Gasteiger charge is -2.27. The van der Waals surface area contributed by atoms with Crippen LogP contribution in [0.4, 0.5) is 0 Å². The maximum atomic E-state index is 5.75. The quantitative estimate of drug-likeness (QED) is 0.390. The molecule has 1 aliphatic heterocycles. The van der Waals surface area contributed by atoms with Crippen LogP contribution in [-0.4, -0.2) is 48.7 Å². The minimum atomic E-state index is -2.29. The van der Waals surface area contributed by atoms with Gasteiger partial charge in [-0.25, -0.2) is 0 Å². The van der Waals surface area contributed by atoms with E-state index < -0.39 is 8.56 Å². The van der Waals surface area contributed by atoms with E-state index in [0.717, 1.165) is 25.7 Å². The van der Waals surface area contributed by atoms with Crippen LogP contribution in [0.25, 0.3) is 0 Å². The normalized spacial score (nSPS) is 18.5. The van der Waals surface area contributed by atoms with Crippen molar-refractivity contribution in [3.63, 3.8) is 0 Å². The van der Waals surface area contributed by atoms with Gasteiger partial charge >= 0.3 is 8.56 Å². The van der Waals surface area contributed by atoms with E-state index in [4.69, 9.17) is 18.3 Å². The average molecular weight is 282 g/mol. The molecule has 1 aliphatic rings. The summed E-state index contributed by atoms with van der Waals surface area (Å²) in [5, 5.41) is 1.17. The second kappa shape index (κ2) is 7.16. The molecule has 1 aromatic carbocycles. The molecule has 0 amide bonds. The summed E-state index contributed by atoms with van der Waals surface area (Å²) >= 11 is 0. The van der Waals surface area contributed by atoms with Crippen LogP contribution in [0, 0.1) is 0 Å². The van der Waals surface area contributed by atoms with Crippen LogP contribution in [-0.2, 0) is 18.3 Å². The summed E-state index contributed by atoms with van der Waals surface area (Å²) in [5.41, 5.74) is 0. The molecule has 0 aromatic heterocycles. The van der Waals surface area contributed by atoms with Gasteiger partial charge in [0.2, 0.25) is 0 Å². The average Bonchev–Trinajstić information content (AvgIpc) is 3.28. The Kier molecular flexibility index (Phi) is 5.54. The van der Waals surface area contributed by atoms with Crippen LogP contribution in [0.15, 0.2) is 30.3 Å². The van der Waals surface area contributed by atoms with Gasteiger partial charge in [-0.2, -0.15) is 0 Å². The van der Waals surface area contributed by atoms with Gasteiger partial charge in [-0.1, -0.05) is 30.3 Å². The lowest BCUT2D eigenvalue weighted by atomic mass is 10.4. The zero-order valence-electron chi connectivity index (χ0n) is 11.6. The van der Waals surface area contributed by atoms with Crippen LogP contribution in [0.3, 0.4) is 0 Å². The van der Waals surface area contributed by atoms with Crippen molar-refractivity contribution in [2.45, 2.75) is 18.6 Å². The summed E-state index contributed by atoms with van der Waals surface area (Å²) in [6.07, 6.45) is 1.27. The Morgan fingerprint density at radius 3 is 2.47 bits per heavy atom. The van der Waals surface area contributed by atoms with Crippen LogP contribution < -0.4 is 5.19 Å². The number of hydrogen-bond donors (Lipinski definition) is 0. The number of ether oxygens (including phenoxy) is 2. The molecule has 1 fully saturated rings. The predicted octanol–water partition coefficient (Wildman–Crippen LogP) is 1.43. The van der Waals surface area contributed by atoms with Gasteiger partial charge in [0, 0.05) is 20.8 Å². The molecule has 2 rings (SSSR count). The highest BCUT2D eigenvalue weighted by Gasteiger charge is 2.37. The lowest BCUT2D eigenvalue weighted by molar-refractivity contribution is 0.115. The minimum absolute atomic E-state index is 0.334. The zero-order chi connectivity index (χ0) is 13.6. The van der Waals surface area contributed by atoms with Crippen molar-refractivity contribution in [2.24, 2.45) is 0 Å². The van der Waals surface area contributed by atoms with Crippen molar-refractivity contribution in [2.75, 3.05) is 34.0 Å². The van der Waals surface area contributed by atoms with E-state index in [1.54, 1.807) is 14.2 Å². The van der Waals surface area contributed by atoms with Crippen molar-refractivity contribution in [1.82, 2.24) is 0 Å². The molecule has 1 aromatic rings. The first-order valence-electron chi connectivity index (χ1n) is 6.66. The Hall–Kier alpha value is -0.723. The van der Waals surface area contributed by atoms with Crippen LogP contribution in [0.1, 0.15) is 6.42 Å². The van der Waals surface area contributed by atoms with E-state index in [9.17, 15) is 0 Å². The highest BCUT2D eigenvalue weighted by atomic mass is 28.4. The fourth-order valence-electron chi connectivity index (χ4n) is 2.15. The fraction of sp³-hybridized carbons (Fsp3) is 0.571. The van der Waals surface area contributed by atoms with E-state index in [-0.39, 0.29) is 0 Å². The van der Waals surface area contributed by atoms with Gasteiger partial charge in [0.1, 0.15) is 6.10 Å². The van der Waals surface area contributed by atoms with Gasteiger partial charge in [-0.3, -0.25) is 0 Å². The molecule has 106 valence electrons. The number of epoxide rings is 1. The first kappa shape index (κ1) is 14.7. The zero-order valence-corrected chi connectivity index (χ0v) is 12.6.